The molecular weight excluding hydrogens is 327 g/mol. The molecule has 0 aliphatic rings. The fraction of sp³-hybridized carbons (Fsp3) is 0.0909. The average Bonchev–Trinajstić information content (AvgIpc) is 2.31. The topological polar surface area (TPSA) is 34.9 Å². The lowest BCUT2D eigenvalue weighted by molar-refractivity contribution is 0.731. The van der Waals surface area contributed by atoms with Gasteiger partial charge in [0.05, 0.1) is 22.9 Å². The summed E-state index contributed by atoms with van der Waals surface area (Å²) < 4.78 is 1.87. The second kappa shape index (κ2) is 5.21. The van der Waals surface area contributed by atoms with Crippen LogP contribution in [0.1, 0.15) is 5.56 Å². The molecule has 0 spiro atoms. The van der Waals surface area contributed by atoms with Gasteiger partial charge in [-0.2, -0.15) is 0 Å². The van der Waals surface area contributed by atoms with Crippen molar-refractivity contribution in [3.8, 4) is 0 Å². The summed E-state index contributed by atoms with van der Waals surface area (Å²) in [5, 5.41) is 0.932. The van der Waals surface area contributed by atoms with Crippen molar-refractivity contribution in [2.75, 3.05) is 0 Å². The van der Waals surface area contributed by atoms with E-state index >= 15 is 0 Å². The second-order valence-corrected chi connectivity index (χ2v) is 5.03. The van der Waals surface area contributed by atoms with E-state index in [0.717, 1.165) is 5.56 Å². The van der Waals surface area contributed by atoms with Gasteiger partial charge in [0.1, 0.15) is 4.47 Å². The summed E-state index contributed by atoms with van der Waals surface area (Å²) in [6.07, 6.45) is 2.92. The third kappa shape index (κ3) is 2.70. The van der Waals surface area contributed by atoms with Crippen LogP contribution < -0.4 is 5.56 Å². The van der Waals surface area contributed by atoms with Crippen molar-refractivity contribution in [1.29, 1.82) is 0 Å². The first-order chi connectivity index (χ1) is 8.09. The van der Waals surface area contributed by atoms with Crippen LogP contribution in [0.3, 0.4) is 0 Å². The Bertz CT molecular complexity index is 613. The van der Waals surface area contributed by atoms with Crippen molar-refractivity contribution in [1.82, 2.24) is 9.55 Å². The maximum absolute atomic E-state index is 11.8. The Labute approximate surface area is 116 Å². The van der Waals surface area contributed by atoms with Crippen LogP contribution >= 0.6 is 39.1 Å². The van der Waals surface area contributed by atoms with E-state index in [2.05, 4.69) is 20.9 Å². The Morgan fingerprint density at radius 1 is 1.35 bits per heavy atom. The Morgan fingerprint density at radius 2 is 2.12 bits per heavy atom. The van der Waals surface area contributed by atoms with Gasteiger partial charge in [-0.15, -0.1) is 0 Å². The van der Waals surface area contributed by atoms with Crippen molar-refractivity contribution in [3.63, 3.8) is 0 Å². The molecule has 17 heavy (non-hydrogen) atoms. The van der Waals surface area contributed by atoms with Crippen LogP contribution in [0.25, 0.3) is 0 Å². The smallest absolute Gasteiger partial charge is 0.267 e. The van der Waals surface area contributed by atoms with Gasteiger partial charge in [-0.25, -0.2) is 4.98 Å². The van der Waals surface area contributed by atoms with E-state index < -0.39 is 0 Å². The fourth-order valence-electron chi connectivity index (χ4n) is 1.39. The lowest BCUT2D eigenvalue weighted by Crippen LogP contribution is -2.21. The van der Waals surface area contributed by atoms with Crippen LogP contribution in [0.5, 0.6) is 0 Å². The molecular formula is C11H7BrCl2N2O. The SMILES string of the molecule is O=c1c(Br)cncn1Cc1cccc(Cl)c1Cl. The predicted octanol–water partition coefficient (Wildman–Crippen LogP) is 3.36. The lowest BCUT2D eigenvalue weighted by atomic mass is 10.2. The molecule has 0 saturated carbocycles. The molecule has 0 bridgehead atoms. The zero-order valence-corrected chi connectivity index (χ0v) is 11.6. The zero-order chi connectivity index (χ0) is 12.4. The van der Waals surface area contributed by atoms with E-state index in [-0.39, 0.29) is 5.56 Å². The minimum atomic E-state index is -0.156. The second-order valence-electron chi connectivity index (χ2n) is 3.39. The normalized spacial score (nSPS) is 10.5. The van der Waals surface area contributed by atoms with Crippen LogP contribution in [0.15, 0.2) is 40.0 Å². The number of nitrogens with zero attached hydrogens (tertiary/aromatic N) is 2. The van der Waals surface area contributed by atoms with E-state index in [9.17, 15) is 4.79 Å². The summed E-state index contributed by atoms with van der Waals surface area (Å²) >= 11 is 15.1. The summed E-state index contributed by atoms with van der Waals surface area (Å²) in [4.78, 5) is 15.7. The van der Waals surface area contributed by atoms with Crippen LogP contribution in [-0.4, -0.2) is 9.55 Å². The van der Waals surface area contributed by atoms with E-state index in [4.69, 9.17) is 23.2 Å². The molecule has 1 aromatic heterocycles. The number of aromatic nitrogens is 2. The van der Waals surface area contributed by atoms with Crippen molar-refractivity contribution < 1.29 is 0 Å². The van der Waals surface area contributed by atoms with Gasteiger partial charge in [-0.05, 0) is 27.6 Å². The van der Waals surface area contributed by atoms with Crippen LogP contribution in [0.4, 0.5) is 0 Å². The van der Waals surface area contributed by atoms with Gasteiger partial charge in [0.25, 0.3) is 5.56 Å². The summed E-state index contributed by atoms with van der Waals surface area (Å²) in [7, 11) is 0. The van der Waals surface area contributed by atoms with Crippen molar-refractivity contribution in [2.45, 2.75) is 6.54 Å². The molecule has 6 heteroatoms. The fourth-order valence-corrected chi connectivity index (χ4v) is 2.12. The molecule has 0 N–H and O–H groups in total. The highest BCUT2D eigenvalue weighted by Gasteiger charge is 2.07. The molecule has 0 atom stereocenters. The number of hydrogen-bond donors (Lipinski definition) is 0. The molecule has 2 aromatic rings. The molecule has 1 heterocycles. The van der Waals surface area contributed by atoms with Gasteiger partial charge < -0.3 is 0 Å². The van der Waals surface area contributed by atoms with Crippen LogP contribution in [-0.2, 0) is 6.54 Å². The van der Waals surface area contributed by atoms with Crippen LogP contribution in [0.2, 0.25) is 10.0 Å². The van der Waals surface area contributed by atoms with Gasteiger partial charge in [0.2, 0.25) is 0 Å². The molecule has 1 aromatic carbocycles. The van der Waals surface area contributed by atoms with Crippen molar-refractivity contribution >= 4 is 39.1 Å². The molecule has 0 saturated heterocycles. The Balaban J connectivity index is 2.42. The van der Waals surface area contributed by atoms with Crippen molar-refractivity contribution in [2.24, 2.45) is 0 Å². The third-order valence-electron chi connectivity index (χ3n) is 2.23. The average molecular weight is 334 g/mol. The molecule has 0 aliphatic heterocycles. The van der Waals surface area contributed by atoms with Gasteiger partial charge in [-0.1, -0.05) is 35.3 Å². The number of benzene rings is 1. The Kier molecular flexibility index (Phi) is 3.86. The van der Waals surface area contributed by atoms with Crippen molar-refractivity contribution in [3.05, 3.63) is 61.2 Å². The lowest BCUT2D eigenvalue weighted by Gasteiger charge is -2.08. The standard InChI is InChI=1S/C11H7BrCl2N2O/c12-8-4-15-6-16(11(8)17)5-7-2-1-3-9(13)10(7)14/h1-4,6H,5H2. The predicted molar refractivity (Wildman–Crippen MR) is 71.8 cm³/mol. The quantitative estimate of drug-likeness (QED) is 0.844. The summed E-state index contributed by atoms with van der Waals surface area (Å²) in [5.41, 5.74) is 0.622. The molecule has 0 amide bonds. The van der Waals surface area contributed by atoms with E-state index in [0.29, 0.717) is 21.1 Å². The molecule has 0 fully saturated rings. The highest BCUT2D eigenvalue weighted by Crippen LogP contribution is 2.25. The monoisotopic (exact) mass is 332 g/mol. The highest BCUT2D eigenvalue weighted by atomic mass is 79.9. The Hall–Kier alpha value is -0.840. The van der Waals surface area contributed by atoms with Gasteiger partial charge in [-0.3, -0.25) is 9.36 Å². The van der Waals surface area contributed by atoms with Gasteiger partial charge in [0.15, 0.2) is 0 Å². The minimum absolute atomic E-state index is 0.156. The first-order valence-electron chi connectivity index (χ1n) is 4.72. The van der Waals surface area contributed by atoms with Gasteiger partial charge in [0, 0.05) is 6.20 Å². The molecule has 88 valence electrons. The number of rotatable bonds is 2. The molecule has 0 aliphatic carbocycles. The van der Waals surface area contributed by atoms with E-state index in [1.165, 1.54) is 17.1 Å². The number of halogens is 3. The first kappa shape index (κ1) is 12.6. The van der Waals surface area contributed by atoms with Gasteiger partial charge >= 0.3 is 0 Å². The van der Waals surface area contributed by atoms with E-state index in [1.54, 1.807) is 12.1 Å². The minimum Gasteiger partial charge on any atom is -0.294 e. The zero-order valence-electron chi connectivity index (χ0n) is 8.53. The summed E-state index contributed by atoms with van der Waals surface area (Å²) in [6, 6.07) is 5.32. The third-order valence-corrected chi connectivity index (χ3v) is 3.63. The summed E-state index contributed by atoms with van der Waals surface area (Å²) in [6.45, 7) is 0.338. The van der Waals surface area contributed by atoms with Crippen LogP contribution in [0, 0.1) is 0 Å². The molecule has 0 unspecified atom stereocenters. The maximum atomic E-state index is 11.8. The molecule has 2 rings (SSSR count). The van der Waals surface area contributed by atoms with E-state index in [1.807, 2.05) is 6.07 Å². The molecule has 3 nitrogen and oxygen atoms in total. The summed E-state index contributed by atoms with van der Waals surface area (Å²) in [5.74, 6) is 0. The first-order valence-corrected chi connectivity index (χ1v) is 6.27. The maximum Gasteiger partial charge on any atom is 0.267 e. The molecule has 0 radical (unpaired) electrons. The Morgan fingerprint density at radius 3 is 2.88 bits per heavy atom. The largest absolute Gasteiger partial charge is 0.294 e. The number of hydrogen-bond acceptors (Lipinski definition) is 2. The highest BCUT2D eigenvalue weighted by molar-refractivity contribution is 9.10.